The van der Waals surface area contributed by atoms with Gasteiger partial charge in [0, 0.05) is 34.8 Å². The standard InChI is InChI=1S/C18H17N3O/c1-13-16(15-10-6-7-11-17(15)21(13)2)12-19-20-18(22)14-8-4-3-5-9-14/h3-12H,1-2H3,(H,20,22)/b19-12+. The number of nitrogens with one attached hydrogen (secondary N) is 1. The third-order valence-electron chi connectivity index (χ3n) is 3.84. The number of rotatable bonds is 3. The lowest BCUT2D eigenvalue weighted by atomic mass is 10.1. The molecule has 0 spiro atoms. The van der Waals surface area contributed by atoms with Crippen LogP contribution in [0.1, 0.15) is 21.6 Å². The number of hydrogen-bond donors (Lipinski definition) is 1. The number of benzene rings is 2. The van der Waals surface area contributed by atoms with Crippen molar-refractivity contribution in [2.75, 3.05) is 0 Å². The number of nitrogens with zero attached hydrogens (tertiary/aromatic N) is 2. The molecule has 1 aromatic heterocycles. The third-order valence-corrected chi connectivity index (χ3v) is 3.84. The predicted molar refractivity (Wildman–Crippen MR) is 89.2 cm³/mol. The number of carbonyl (C=O) groups is 1. The highest BCUT2D eigenvalue weighted by molar-refractivity contribution is 6.02. The van der Waals surface area contributed by atoms with Crippen molar-refractivity contribution in [1.29, 1.82) is 0 Å². The minimum atomic E-state index is -0.213. The quantitative estimate of drug-likeness (QED) is 0.584. The number of amides is 1. The number of para-hydroxylation sites is 1. The highest BCUT2D eigenvalue weighted by Gasteiger charge is 2.09. The number of hydrazone groups is 1. The molecule has 0 aliphatic carbocycles. The average Bonchev–Trinajstić information content (AvgIpc) is 2.81. The normalized spacial score (nSPS) is 11.2. The van der Waals surface area contributed by atoms with Gasteiger partial charge < -0.3 is 4.57 Å². The van der Waals surface area contributed by atoms with Crippen LogP contribution in [-0.2, 0) is 7.05 Å². The van der Waals surface area contributed by atoms with E-state index in [2.05, 4.69) is 27.2 Å². The van der Waals surface area contributed by atoms with Gasteiger partial charge in [-0.05, 0) is 25.1 Å². The molecule has 1 N–H and O–H groups in total. The zero-order chi connectivity index (χ0) is 15.5. The summed E-state index contributed by atoms with van der Waals surface area (Å²) in [6.07, 6.45) is 1.71. The molecule has 3 rings (SSSR count). The summed E-state index contributed by atoms with van der Waals surface area (Å²) in [5.41, 5.74) is 6.44. The molecule has 0 saturated heterocycles. The van der Waals surface area contributed by atoms with Gasteiger partial charge in [-0.1, -0.05) is 36.4 Å². The van der Waals surface area contributed by atoms with Crippen LogP contribution in [0.4, 0.5) is 0 Å². The number of aryl methyl sites for hydroxylation is 1. The second kappa shape index (κ2) is 5.85. The van der Waals surface area contributed by atoms with Crippen LogP contribution < -0.4 is 5.43 Å². The molecule has 1 heterocycles. The van der Waals surface area contributed by atoms with E-state index in [1.54, 1.807) is 18.3 Å². The lowest BCUT2D eigenvalue weighted by Gasteiger charge is -1.99. The van der Waals surface area contributed by atoms with Crippen molar-refractivity contribution in [1.82, 2.24) is 9.99 Å². The van der Waals surface area contributed by atoms with Gasteiger partial charge in [0.1, 0.15) is 0 Å². The van der Waals surface area contributed by atoms with E-state index >= 15 is 0 Å². The summed E-state index contributed by atoms with van der Waals surface area (Å²) in [6.45, 7) is 2.04. The molecule has 0 aliphatic heterocycles. The predicted octanol–water partition coefficient (Wildman–Crippen LogP) is 3.25. The zero-order valence-electron chi connectivity index (χ0n) is 12.6. The van der Waals surface area contributed by atoms with Crippen LogP contribution in [0.25, 0.3) is 10.9 Å². The molecular weight excluding hydrogens is 274 g/mol. The average molecular weight is 291 g/mol. The Hall–Kier alpha value is -2.88. The van der Waals surface area contributed by atoms with Gasteiger partial charge in [-0.25, -0.2) is 5.43 Å². The first-order valence-electron chi connectivity index (χ1n) is 7.11. The fourth-order valence-corrected chi connectivity index (χ4v) is 2.52. The Morgan fingerprint density at radius 1 is 1.09 bits per heavy atom. The smallest absolute Gasteiger partial charge is 0.271 e. The van der Waals surface area contributed by atoms with Crippen LogP contribution in [0.5, 0.6) is 0 Å². The fourth-order valence-electron chi connectivity index (χ4n) is 2.52. The number of fused-ring (bicyclic) bond motifs is 1. The zero-order valence-corrected chi connectivity index (χ0v) is 12.6. The maximum Gasteiger partial charge on any atom is 0.271 e. The van der Waals surface area contributed by atoms with E-state index < -0.39 is 0 Å². The molecule has 22 heavy (non-hydrogen) atoms. The second-order valence-corrected chi connectivity index (χ2v) is 5.14. The van der Waals surface area contributed by atoms with Gasteiger partial charge in [-0.2, -0.15) is 5.10 Å². The van der Waals surface area contributed by atoms with Gasteiger partial charge in [-0.15, -0.1) is 0 Å². The van der Waals surface area contributed by atoms with E-state index in [0.717, 1.165) is 22.2 Å². The lowest BCUT2D eigenvalue weighted by Crippen LogP contribution is -2.17. The maximum atomic E-state index is 12.0. The highest BCUT2D eigenvalue weighted by atomic mass is 16.2. The molecule has 110 valence electrons. The van der Waals surface area contributed by atoms with Gasteiger partial charge in [0.2, 0.25) is 0 Å². The van der Waals surface area contributed by atoms with Crippen molar-refractivity contribution in [3.8, 4) is 0 Å². The van der Waals surface area contributed by atoms with Gasteiger partial charge >= 0.3 is 0 Å². The molecule has 3 aromatic rings. The fraction of sp³-hybridized carbons (Fsp3) is 0.111. The first-order chi connectivity index (χ1) is 10.7. The Balaban J connectivity index is 1.85. The van der Waals surface area contributed by atoms with Crippen molar-refractivity contribution in [2.24, 2.45) is 12.1 Å². The molecule has 0 saturated carbocycles. The second-order valence-electron chi connectivity index (χ2n) is 5.14. The third kappa shape index (κ3) is 2.51. The summed E-state index contributed by atoms with van der Waals surface area (Å²) < 4.78 is 2.12. The van der Waals surface area contributed by atoms with E-state index in [4.69, 9.17) is 0 Å². The Labute approximate surface area is 129 Å². The number of aromatic nitrogens is 1. The topological polar surface area (TPSA) is 46.4 Å². The molecule has 4 heteroatoms. The maximum absolute atomic E-state index is 12.0. The van der Waals surface area contributed by atoms with Crippen molar-refractivity contribution in [3.63, 3.8) is 0 Å². The first-order valence-corrected chi connectivity index (χ1v) is 7.11. The summed E-state index contributed by atoms with van der Waals surface area (Å²) in [6, 6.07) is 17.2. The van der Waals surface area contributed by atoms with E-state index in [9.17, 15) is 4.79 Å². The van der Waals surface area contributed by atoms with Crippen LogP contribution in [0.2, 0.25) is 0 Å². The van der Waals surface area contributed by atoms with Gasteiger partial charge in [-0.3, -0.25) is 4.79 Å². The Morgan fingerprint density at radius 3 is 2.55 bits per heavy atom. The molecule has 0 radical (unpaired) electrons. The van der Waals surface area contributed by atoms with E-state index in [-0.39, 0.29) is 5.91 Å². The largest absolute Gasteiger partial charge is 0.347 e. The Bertz CT molecular complexity index is 847. The Morgan fingerprint density at radius 2 is 1.77 bits per heavy atom. The molecule has 4 nitrogen and oxygen atoms in total. The van der Waals surface area contributed by atoms with Crippen LogP contribution >= 0.6 is 0 Å². The molecule has 0 atom stereocenters. The summed E-state index contributed by atoms with van der Waals surface area (Å²) in [5, 5.41) is 5.23. The van der Waals surface area contributed by atoms with E-state index in [1.165, 1.54) is 0 Å². The molecule has 0 unspecified atom stereocenters. The molecular formula is C18H17N3O. The number of carbonyl (C=O) groups excluding carboxylic acids is 1. The molecule has 0 aliphatic rings. The van der Waals surface area contributed by atoms with Crippen molar-refractivity contribution in [3.05, 3.63) is 71.4 Å². The SMILES string of the molecule is Cc1c(/C=N/NC(=O)c2ccccc2)c2ccccc2n1C. The molecule has 0 fully saturated rings. The number of hydrogen-bond acceptors (Lipinski definition) is 2. The monoisotopic (exact) mass is 291 g/mol. The highest BCUT2D eigenvalue weighted by Crippen LogP contribution is 2.22. The van der Waals surface area contributed by atoms with Crippen LogP contribution in [0.15, 0.2) is 59.7 Å². The van der Waals surface area contributed by atoms with E-state index in [1.807, 2.05) is 44.3 Å². The minimum Gasteiger partial charge on any atom is -0.347 e. The Kier molecular flexibility index (Phi) is 3.74. The summed E-state index contributed by atoms with van der Waals surface area (Å²) in [4.78, 5) is 12.0. The van der Waals surface area contributed by atoms with Gasteiger partial charge in [0.15, 0.2) is 0 Å². The molecule has 0 bridgehead atoms. The van der Waals surface area contributed by atoms with Crippen molar-refractivity contribution >= 4 is 23.0 Å². The lowest BCUT2D eigenvalue weighted by molar-refractivity contribution is 0.0955. The molecule has 1 amide bonds. The van der Waals surface area contributed by atoms with Crippen molar-refractivity contribution < 1.29 is 4.79 Å². The van der Waals surface area contributed by atoms with Crippen LogP contribution in [-0.4, -0.2) is 16.7 Å². The van der Waals surface area contributed by atoms with Crippen LogP contribution in [0.3, 0.4) is 0 Å². The van der Waals surface area contributed by atoms with Gasteiger partial charge in [0.25, 0.3) is 5.91 Å². The summed E-state index contributed by atoms with van der Waals surface area (Å²) >= 11 is 0. The summed E-state index contributed by atoms with van der Waals surface area (Å²) in [7, 11) is 2.03. The van der Waals surface area contributed by atoms with Gasteiger partial charge in [0.05, 0.1) is 6.21 Å². The summed E-state index contributed by atoms with van der Waals surface area (Å²) in [5.74, 6) is -0.213. The van der Waals surface area contributed by atoms with Crippen LogP contribution in [0, 0.1) is 6.92 Å². The first kappa shape index (κ1) is 14.1. The molecule has 2 aromatic carbocycles. The minimum absolute atomic E-state index is 0.213. The van der Waals surface area contributed by atoms with E-state index in [0.29, 0.717) is 5.56 Å². The van der Waals surface area contributed by atoms with Crippen molar-refractivity contribution in [2.45, 2.75) is 6.92 Å².